The Hall–Kier alpha value is -1.97. The number of hydrogen-bond acceptors (Lipinski definition) is 2. The summed E-state index contributed by atoms with van der Waals surface area (Å²) in [7, 11) is 3.01. The van der Waals surface area contributed by atoms with Crippen LogP contribution in [-0.4, -0.2) is 30.1 Å². The van der Waals surface area contributed by atoms with E-state index in [2.05, 4.69) is 9.72 Å². The lowest BCUT2D eigenvalue weighted by atomic mass is 10.2. The summed E-state index contributed by atoms with van der Waals surface area (Å²) < 4.78 is 4.60. The summed E-state index contributed by atoms with van der Waals surface area (Å²) in [6.45, 7) is 1.70. The molecule has 1 radical (unpaired) electrons. The average molecular weight is 217 g/mol. The highest BCUT2D eigenvalue weighted by Gasteiger charge is 2.10. The largest absolute Gasteiger partial charge is 0.453 e. The Kier molecular flexibility index (Phi) is 2.81. The van der Waals surface area contributed by atoms with Crippen LogP contribution in [0, 0.1) is 6.54 Å². The molecule has 0 unspecified atom stereocenters. The van der Waals surface area contributed by atoms with Crippen molar-refractivity contribution in [3.63, 3.8) is 0 Å². The zero-order chi connectivity index (χ0) is 11.5. The smallest absolute Gasteiger partial charge is 0.409 e. The number of nitrogens with zero attached hydrogens (tertiary/aromatic N) is 1. The normalized spacial score (nSPS) is 10.4. The molecule has 1 aromatic heterocycles. The Balaban J connectivity index is 2.18. The summed E-state index contributed by atoms with van der Waals surface area (Å²) in [5, 5.41) is 1.12. The molecule has 1 amide bonds. The quantitative estimate of drug-likeness (QED) is 0.839. The van der Waals surface area contributed by atoms with Crippen molar-refractivity contribution in [2.75, 3.05) is 14.2 Å². The molecule has 4 nitrogen and oxygen atoms in total. The van der Waals surface area contributed by atoms with Gasteiger partial charge in [0, 0.05) is 18.3 Å². The lowest BCUT2D eigenvalue weighted by Crippen LogP contribution is -2.24. The molecule has 16 heavy (non-hydrogen) atoms. The highest BCUT2D eigenvalue weighted by Crippen LogP contribution is 2.16. The Morgan fingerprint density at radius 2 is 2.19 bits per heavy atom. The second-order valence-electron chi connectivity index (χ2n) is 3.52. The van der Waals surface area contributed by atoms with Crippen molar-refractivity contribution >= 4 is 17.0 Å². The van der Waals surface area contributed by atoms with Gasteiger partial charge in [-0.2, -0.15) is 0 Å². The molecule has 0 fully saturated rings. The fraction of sp³-hybridized carbons (Fsp3) is 0.167. The monoisotopic (exact) mass is 217 g/mol. The van der Waals surface area contributed by atoms with Gasteiger partial charge in [-0.3, -0.25) is 0 Å². The van der Waals surface area contributed by atoms with Gasteiger partial charge in [-0.05, 0) is 17.5 Å². The first-order chi connectivity index (χ1) is 7.70. The third-order valence-corrected chi connectivity index (χ3v) is 2.35. The van der Waals surface area contributed by atoms with Crippen LogP contribution < -0.4 is 0 Å². The van der Waals surface area contributed by atoms with Crippen molar-refractivity contribution in [2.24, 2.45) is 0 Å². The first-order valence-electron chi connectivity index (χ1n) is 4.94. The van der Waals surface area contributed by atoms with E-state index in [4.69, 9.17) is 0 Å². The number of carbonyl (C=O) groups excluding carboxylic acids is 1. The number of aromatic amines is 1. The van der Waals surface area contributed by atoms with Crippen molar-refractivity contribution in [3.8, 4) is 0 Å². The van der Waals surface area contributed by atoms with Gasteiger partial charge in [0.1, 0.15) is 6.54 Å². The fourth-order valence-corrected chi connectivity index (χ4v) is 1.57. The minimum absolute atomic E-state index is 0.390. The number of fused-ring (bicyclic) bond motifs is 1. The average Bonchev–Trinajstić information content (AvgIpc) is 2.69. The maximum absolute atomic E-state index is 11.2. The number of hydrogen-bond donors (Lipinski definition) is 1. The number of aromatic nitrogens is 1. The summed E-state index contributed by atoms with van der Waals surface area (Å²) in [5.41, 5.74) is 1.92. The topological polar surface area (TPSA) is 45.3 Å². The molecule has 0 bridgehead atoms. The van der Waals surface area contributed by atoms with Crippen molar-refractivity contribution in [1.29, 1.82) is 0 Å². The number of methoxy groups -OCH3 is 1. The van der Waals surface area contributed by atoms with Crippen LogP contribution in [0.3, 0.4) is 0 Å². The molecule has 83 valence electrons. The van der Waals surface area contributed by atoms with E-state index in [0.29, 0.717) is 0 Å². The standard InChI is InChI=1S/C12H13N2O2/c1-14(12(15)16-2)8-10-7-9-5-3-4-6-11(9)13-10/h3-8,13H,1-2H3. The zero-order valence-electron chi connectivity index (χ0n) is 9.23. The predicted molar refractivity (Wildman–Crippen MR) is 61.9 cm³/mol. The second-order valence-corrected chi connectivity index (χ2v) is 3.52. The molecule has 0 aliphatic carbocycles. The van der Waals surface area contributed by atoms with Gasteiger partial charge in [-0.15, -0.1) is 0 Å². The van der Waals surface area contributed by atoms with E-state index >= 15 is 0 Å². The molecular weight excluding hydrogens is 204 g/mol. The van der Waals surface area contributed by atoms with Gasteiger partial charge >= 0.3 is 6.09 Å². The van der Waals surface area contributed by atoms with Gasteiger partial charge in [0.05, 0.1) is 7.11 Å². The highest BCUT2D eigenvalue weighted by molar-refractivity contribution is 5.81. The van der Waals surface area contributed by atoms with Crippen molar-refractivity contribution in [3.05, 3.63) is 42.6 Å². The lowest BCUT2D eigenvalue weighted by molar-refractivity contribution is 0.143. The molecule has 1 aromatic carbocycles. The van der Waals surface area contributed by atoms with Gasteiger partial charge in [0.2, 0.25) is 0 Å². The van der Waals surface area contributed by atoms with Gasteiger partial charge < -0.3 is 14.6 Å². The molecule has 1 N–H and O–H groups in total. The summed E-state index contributed by atoms with van der Waals surface area (Å²) in [4.78, 5) is 15.8. The van der Waals surface area contributed by atoms with Gasteiger partial charge in [-0.25, -0.2) is 4.79 Å². The van der Waals surface area contributed by atoms with Crippen LogP contribution in [-0.2, 0) is 4.74 Å². The van der Waals surface area contributed by atoms with E-state index < -0.39 is 6.09 Å². The van der Waals surface area contributed by atoms with Crippen LogP contribution >= 0.6 is 0 Å². The molecule has 0 spiro atoms. The minimum atomic E-state index is -0.390. The SMILES string of the molecule is COC(=O)N(C)[CH]c1cc2ccccc2[nH]1. The predicted octanol–water partition coefficient (Wildman–Crippen LogP) is 2.38. The zero-order valence-corrected chi connectivity index (χ0v) is 9.23. The van der Waals surface area contributed by atoms with Crippen LogP contribution in [0.5, 0.6) is 0 Å². The number of H-pyrrole nitrogens is 1. The molecule has 0 atom stereocenters. The molecule has 4 heteroatoms. The van der Waals surface area contributed by atoms with Crippen LogP contribution in [0.15, 0.2) is 30.3 Å². The van der Waals surface area contributed by atoms with Crippen LogP contribution in [0.1, 0.15) is 5.69 Å². The number of carbonyl (C=O) groups is 1. The second kappa shape index (κ2) is 4.26. The highest BCUT2D eigenvalue weighted by atomic mass is 16.5. The first kappa shape index (κ1) is 10.5. The van der Waals surface area contributed by atoms with Crippen molar-refractivity contribution in [1.82, 2.24) is 9.88 Å². The summed E-state index contributed by atoms with van der Waals surface area (Å²) >= 11 is 0. The van der Waals surface area contributed by atoms with E-state index in [-0.39, 0.29) is 0 Å². The van der Waals surface area contributed by atoms with E-state index in [9.17, 15) is 4.79 Å². The van der Waals surface area contributed by atoms with Gasteiger partial charge in [-0.1, -0.05) is 18.2 Å². The Bertz CT molecular complexity index is 471. The van der Waals surface area contributed by atoms with Crippen molar-refractivity contribution < 1.29 is 9.53 Å². The molecular formula is C12H13N2O2. The van der Waals surface area contributed by atoms with E-state index in [0.717, 1.165) is 16.6 Å². The number of ether oxygens (including phenoxy) is 1. The Morgan fingerprint density at radius 1 is 1.44 bits per heavy atom. The van der Waals surface area contributed by atoms with Crippen LogP contribution in [0.2, 0.25) is 0 Å². The number of para-hydroxylation sites is 1. The van der Waals surface area contributed by atoms with E-state index in [1.165, 1.54) is 12.0 Å². The minimum Gasteiger partial charge on any atom is -0.453 e. The van der Waals surface area contributed by atoms with E-state index in [1.807, 2.05) is 30.3 Å². The number of rotatable bonds is 2. The molecule has 0 aliphatic heterocycles. The molecule has 1 heterocycles. The number of amides is 1. The molecule has 2 aromatic rings. The summed E-state index contributed by atoms with van der Waals surface area (Å²) in [6.07, 6.45) is -0.390. The molecule has 0 saturated heterocycles. The van der Waals surface area contributed by atoms with Gasteiger partial charge in [0.15, 0.2) is 0 Å². The Morgan fingerprint density at radius 3 is 2.88 bits per heavy atom. The molecule has 0 saturated carbocycles. The first-order valence-corrected chi connectivity index (χ1v) is 4.94. The number of benzene rings is 1. The van der Waals surface area contributed by atoms with Crippen molar-refractivity contribution in [2.45, 2.75) is 0 Å². The maximum atomic E-state index is 11.2. The third-order valence-electron chi connectivity index (χ3n) is 2.35. The lowest BCUT2D eigenvalue weighted by Gasteiger charge is -2.12. The van der Waals surface area contributed by atoms with E-state index in [1.54, 1.807) is 13.6 Å². The number of nitrogens with one attached hydrogen (secondary N) is 1. The fourth-order valence-electron chi connectivity index (χ4n) is 1.57. The van der Waals surface area contributed by atoms with Crippen LogP contribution in [0.25, 0.3) is 10.9 Å². The Labute approximate surface area is 93.8 Å². The molecule has 2 rings (SSSR count). The maximum Gasteiger partial charge on any atom is 0.409 e. The van der Waals surface area contributed by atoms with Gasteiger partial charge in [0.25, 0.3) is 0 Å². The summed E-state index contributed by atoms with van der Waals surface area (Å²) in [5.74, 6) is 0. The third kappa shape index (κ3) is 2.00. The molecule has 0 aliphatic rings. The summed E-state index contributed by atoms with van der Waals surface area (Å²) in [6, 6.07) is 9.93. The van der Waals surface area contributed by atoms with Crippen LogP contribution in [0.4, 0.5) is 4.79 Å².